The van der Waals surface area contributed by atoms with Gasteiger partial charge in [-0.1, -0.05) is 15.9 Å². The lowest BCUT2D eigenvalue weighted by molar-refractivity contribution is -0.384. The molecule has 1 heterocycles. The molecular formula is C11H13BrN2O3S. The maximum absolute atomic E-state index is 11.3. The number of rotatable bonds is 3. The van der Waals surface area contributed by atoms with Crippen LogP contribution < -0.4 is 4.90 Å². The molecule has 1 fully saturated rings. The summed E-state index contributed by atoms with van der Waals surface area (Å²) in [6.07, 6.45) is 0. The topological polar surface area (TPSA) is 63.5 Å². The second-order valence-corrected chi connectivity index (χ2v) is 6.30. The van der Waals surface area contributed by atoms with Crippen LogP contribution in [0.15, 0.2) is 18.2 Å². The fraction of sp³-hybridized carbons (Fsp3) is 0.455. The first-order valence-corrected chi connectivity index (χ1v) is 8.16. The van der Waals surface area contributed by atoms with E-state index in [0.717, 1.165) is 24.3 Å². The van der Waals surface area contributed by atoms with E-state index in [9.17, 15) is 14.3 Å². The van der Waals surface area contributed by atoms with Crippen LogP contribution in [0.25, 0.3) is 0 Å². The molecule has 0 amide bonds. The van der Waals surface area contributed by atoms with Crippen LogP contribution >= 0.6 is 15.9 Å². The molecule has 1 aromatic rings. The van der Waals surface area contributed by atoms with Gasteiger partial charge in [0.2, 0.25) is 0 Å². The summed E-state index contributed by atoms with van der Waals surface area (Å²) in [6.45, 7) is 1.48. The molecule has 0 atom stereocenters. The van der Waals surface area contributed by atoms with Crippen LogP contribution in [0.4, 0.5) is 11.4 Å². The van der Waals surface area contributed by atoms with Gasteiger partial charge < -0.3 is 4.90 Å². The van der Waals surface area contributed by atoms with E-state index in [0.29, 0.717) is 16.8 Å². The number of anilines is 1. The van der Waals surface area contributed by atoms with Crippen molar-refractivity contribution >= 4 is 38.1 Å². The van der Waals surface area contributed by atoms with Gasteiger partial charge in [-0.2, -0.15) is 0 Å². The van der Waals surface area contributed by atoms with Crippen LogP contribution in [0.3, 0.4) is 0 Å². The Bertz CT molecular complexity index is 485. The molecule has 1 aliphatic rings. The largest absolute Gasteiger partial charge is 0.369 e. The van der Waals surface area contributed by atoms with Crippen molar-refractivity contribution in [2.75, 3.05) is 29.5 Å². The molecule has 18 heavy (non-hydrogen) atoms. The Morgan fingerprint density at radius 2 is 2.06 bits per heavy atom. The Kier molecular flexibility index (Phi) is 4.34. The molecule has 0 aromatic heterocycles. The first kappa shape index (κ1) is 13.5. The zero-order chi connectivity index (χ0) is 13.1. The summed E-state index contributed by atoms with van der Waals surface area (Å²) in [5.74, 6) is 1.33. The fourth-order valence-corrected chi connectivity index (χ4v) is 3.48. The Balaban J connectivity index is 2.27. The molecule has 1 aromatic carbocycles. The lowest BCUT2D eigenvalue weighted by atomic mass is 10.1. The molecule has 0 unspecified atom stereocenters. The van der Waals surface area contributed by atoms with Crippen molar-refractivity contribution in [3.63, 3.8) is 0 Å². The van der Waals surface area contributed by atoms with Crippen LogP contribution in [0.5, 0.6) is 0 Å². The van der Waals surface area contributed by atoms with E-state index in [2.05, 4.69) is 20.8 Å². The summed E-state index contributed by atoms with van der Waals surface area (Å²) in [5, 5.41) is 11.3. The van der Waals surface area contributed by atoms with Crippen molar-refractivity contribution in [2.24, 2.45) is 0 Å². The zero-order valence-electron chi connectivity index (χ0n) is 9.67. The number of hydrogen-bond acceptors (Lipinski definition) is 4. The molecule has 2 rings (SSSR count). The van der Waals surface area contributed by atoms with Gasteiger partial charge in [0.1, 0.15) is 0 Å². The summed E-state index contributed by atoms with van der Waals surface area (Å²) >= 11 is 3.36. The van der Waals surface area contributed by atoms with Crippen LogP contribution in [0, 0.1) is 10.1 Å². The van der Waals surface area contributed by atoms with Crippen molar-refractivity contribution in [1.29, 1.82) is 0 Å². The van der Waals surface area contributed by atoms with Gasteiger partial charge in [-0.3, -0.25) is 14.3 Å². The smallest absolute Gasteiger partial charge is 0.269 e. The first-order chi connectivity index (χ1) is 8.61. The highest BCUT2D eigenvalue weighted by Gasteiger charge is 2.19. The molecule has 98 valence electrons. The van der Waals surface area contributed by atoms with Crippen LogP contribution in [-0.2, 0) is 16.1 Å². The van der Waals surface area contributed by atoms with Gasteiger partial charge in [0.25, 0.3) is 5.69 Å². The Hall–Kier alpha value is -0.950. The third-order valence-corrected chi connectivity index (χ3v) is 4.82. The van der Waals surface area contributed by atoms with Gasteiger partial charge in [0, 0.05) is 58.5 Å². The van der Waals surface area contributed by atoms with E-state index in [-0.39, 0.29) is 10.6 Å². The zero-order valence-corrected chi connectivity index (χ0v) is 12.1. The monoisotopic (exact) mass is 332 g/mol. The number of halogens is 1. The maximum Gasteiger partial charge on any atom is 0.269 e. The lowest BCUT2D eigenvalue weighted by Crippen LogP contribution is -2.38. The van der Waals surface area contributed by atoms with Crippen molar-refractivity contribution in [2.45, 2.75) is 5.33 Å². The van der Waals surface area contributed by atoms with Crippen LogP contribution in [-0.4, -0.2) is 33.7 Å². The number of nitro benzene ring substituents is 1. The molecule has 1 saturated heterocycles. The normalized spacial score (nSPS) is 16.8. The number of nitrogens with zero attached hydrogens (tertiary/aromatic N) is 2. The van der Waals surface area contributed by atoms with E-state index >= 15 is 0 Å². The summed E-state index contributed by atoms with van der Waals surface area (Å²) in [5.41, 5.74) is 2.00. The Morgan fingerprint density at radius 3 is 2.61 bits per heavy atom. The third kappa shape index (κ3) is 2.89. The van der Waals surface area contributed by atoms with Crippen molar-refractivity contribution in [1.82, 2.24) is 0 Å². The predicted molar refractivity (Wildman–Crippen MR) is 75.8 cm³/mol. The van der Waals surface area contributed by atoms with Gasteiger partial charge >= 0.3 is 0 Å². The molecule has 0 saturated carbocycles. The minimum atomic E-state index is -0.717. The molecule has 0 N–H and O–H groups in total. The van der Waals surface area contributed by atoms with Gasteiger partial charge in [0.15, 0.2) is 0 Å². The highest BCUT2D eigenvalue weighted by molar-refractivity contribution is 9.08. The standard InChI is InChI=1S/C11H13BrN2O3S/c12-8-9-7-10(14(15)16)1-2-11(9)13-3-5-18(17)6-4-13/h1-2,7H,3-6,8H2. The SMILES string of the molecule is O=[N+]([O-])c1ccc(N2CCS(=O)CC2)c(CBr)c1. The number of alkyl halides is 1. The van der Waals surface area contributed by atoms with Gasteiger partial charge in [-0.05, 0) is 11.6 Å². The third-order valence-electron chi connectivity index (χ3n) is 2.94. The molecule has 5 nitrogen and oxygen atoms in total. The van der Waals surface area contributed by atoms with Gasteiger partial charge in [0.05, 0.1) is 4.92 Å². The Morgan fingerprint density at radius 1 is 1.39 bits per heavy atom. The average molecular weight is 333 g/mol. The number of non-ortho nitro benzene ring substituents is 1. The fourth-order valence-electron chi connectivity index (χ4n) is 1.98. The molecular weight excluding hydrogens is 320 g/mol. The minimum absolute atomic E-state index is 0.105. The number of hydrogen-bond donors (Lipinski definition) is 0. The summed E-state index contributed by atoms with van der Waals surface area (Å²) in [4.78, 5) is 12.5. The Labute approximate surface area is 116 Å². The number of nitro groups is 1. The lowest BCUT2D eigenvalue weighted by Gasteiger charge is -2.29. The van der Waals surface area contributed by atoms with Crippen LogP contribution in [0.1, 0.15) is 5.56 Å². The van der Waals surface area contributed by atoms with E-state index in [1.165, 1.54) is 6.07 Å². The minimum Gasteiger partial charge on any atom is -0.369 e. The number of benzene rings is 1. The van der Waals surface area contributed by atoms with Crippen LogP contribution in [0.2, 0.25) is 0 Å². The van der Waals surface area contributed by atoms with Crippen molar-refractivity contribution < 1.29 is 9.13 Å². The molecule has 0 aliphatic carbocycles. The van der Waals surface area contributed by atoms with E-state index in [1.54, 1.807) is 12.1 Å². The molecule has 0 radical (unpaired) electrons. The van der Waals surface area contributed by atoms with Gasteiger partial charge in [-0.15, -0.1) is 0 Å². The molecule has 1 aliphatic heterocycles. The van der Waals surface area contributed by atoms with E-state index in [1.807, 2.05) is 0 Å². The summed E-state index contributed by atoms with van der Waals surface area (Å²) < 4.78 is 11.3. The summed E-state index contributed by atoms with van der Waals surface area (Å²) in [6, 6.07) is 4.89. The molecule has 0 spiro atoms. The highest BCUT2D eigenvalue weighted by Crippen LogP contribution is 2.28. The molecule has 0 bridgehead atoms. The predicted octanol–water partition coefficient (Wildman–Crippen LogP) is 2.06. The second-order valence-electron chi connectivity index (χ2n) is 4.04. The second kappa shape index (κ2) is 5.79. The highest BCUT2D eigenvalue weighted by atomic mass is 79.9. The van der Waals surface area contributed by atoms with Gasteiger partial charge in [-0.25, -0.2) is 0 Å². The average Bonchev–Trinajstić information content (AvgIpc) is 2.39. The van der Waals surface area contributed by atoms with E-state index in [4.69, 9.17) is 0 Å². The first-order valence-electron chi connectivity index (χ1n) is 5.55. The van der Waals surface area contributed by atoms with Crippen molar-refractivity contribution in [3.8, 4) is 0 Å². The maximum atomic E-state index is 11.3. The van der Waals surface area contributed by atoms with Crippen molar-refractivity contribution in [3.05, 3.63) is 33.9 Å². The van der Waals surface area contributed by atoms with E-state index < -0.39 is 10.8 Å². The molecule has 7 heteroatoms. The summed E-state index contributed by atoms with van der Waals surface area (Å²) in [7, 11) is -0.717. The quantitative estimate of drug-likeness (QED) is 0.483.